The molecule has 4 heteroatoms. The summed E-state index contributed by atoms with van der Waals surface area (Å²) in [6.07, 6.45) is 10.4. The Hall–Kier alpha value is -0.940. The van der Waals surface area contributed by atoms with E-state index in [1.807, 2.05) is 32.9 Å². The number of allylic oxidation sites excluding steroid dienone is 3. The van der Waals surface area contributed by atoms with Crippen LogP contribution in [0.25, 0.3) is 0 Å². The summed E-state index contributed by atoms with van der Waals surface area (Å²) < 4.78 is 17.1. The van der Waals surface area contributed by atoms with Crippen molar-refractivity contribution in [3.05, 3.63) is 35.5 Å². The van der Waals surface area contributed by atoms with E-state index in [0.29, 0.717) is 12.5 Å². The Balaban J connectivity index is 2.47. The van der Waals surface area contributed by atoms with Gasteiger partial charge in [0.15, 0.2) is 5.79 Å². The summed E-state index contributed by atoms with van der Waals surface area (Å²) >= 11 is 0. The van der Waals surface area contributed by atoms with Crippen molar-refractivity contribution >= 4 is 0 Å². The van der Waals surface area contributed by atoms with Crippen LogP contribution >= 0.6 is 0 Å². The van der Waals surface area contributed by atoms with Gasteiger partial charge in [-0.15, -0.1) is 0 Å². The van der Waals surface area contributed by atoms with Gasteiger partial charge in [-0.05, 0) is 46.1 Å². The largest absolute Gasteiger partial charge is 0.392 e. The summed E-state index contributed by atoms with van der Waals surface area (Å²) in [6.45, 7) is 10.8. The Bertz CT molecular complexity index is 462. The standard InChI is InChI=1S/C20H34O4/c1-15(12-18-14-23-20(4,5)24-18)10-11-19(22-6)17(3)9-7-8-16(2)13-21/h7-9,12,17-19,21H,10-11,13-14H2,1-6H3/b9-7+,15-12-,16-8-/t17-,18?,19-/m0/s1. The van der Waals surface area contributed by atoms with Gasteiger partial charge in [-0.2, -0.15) is 0 Å². The van der Waals surface area contributed by atoms with E-state index in [9.17, 15) is 0 Å². The van der Waals surface area contributed by atoms with Crippen LogP contribution in [0.15, 0.2) is 35.5 Å². The van der Waals surface area contributed by atoms with Crippen LogP contribution in [-0.4, -0.2) is 43.4 Å². The van der Waals surface area contributed by atoms with E-state index in [4.69, 9.17) is 19.3 Å². The molecular formula is C20H34O4. The maximum atomic E-state index is 9.00. The zero-order valence-electron chi connectivity index (χ0n) is 16.0. The summed E-state index contributed by atoms with van der Waals surface area (Å²) in [5.41, 5.74) is 2.25. The van der Waals surface area contributed by atoms with Gasteiger partial charge in [-0.25, -0.2) is 0 Å². The molecule has 0 amide bonds. The predicted molar refractivity (Wildman–Crippen MR) is 97.8 cm³/mol. The van der Waals surface area contributed by atoms with Gasteiger partial charge < -0.3 is 19.3 Å². The van der Waals surface area contributed by atoms with Crippen LogP contribution in [-0.2, 0) is 14.2 Å². The van der Waals surface area contributed by atoms with Crippen molar-refractivity contribution < 1.29 is 19.3 Å². The Morgan fingerprint density at radius 2 is 2.04 bits per heavy atom. The molecule has 0 aromatic heterocycles. The van der Waals surface area contributed by atoms with Gasteiger partial charge in [0.25, 0.3) is 0 Å². The number of hydrogen-bond donors (Lipinski definition) is 1. The highest BCUT2D eigenvalue weighted by Gasteiger charge is 2.31. The second-order valence-corrected chi connectivity index (χ2v) is 7.11. The molecule has 138 valence electrons. The minimum Gasteiger partial charge on any atom is -0.392 e. The Kier molecular flexibility index (Phi) is 8.92. The Morgan fingerprint density at radius 3 is 2.58 bits per heavy atom. The average Bonchev–Trinajstić information content (AvgIpc) is 2.86. The summed E-state index contributed by atoms with van der Waals surface area (Å²) in [4.78, 5) is 0. The van der Waals surface area contributed by atoms with Crippen molar-refractivity contribution in [2.75, 3.05) is 20.3 Å². The highest BCUT2D eigenvalue weighted by Crippen LogP contribution is 2.25. The number of ether oxygens (including phenoxy) is 3. The summed E-state index contributed by atoms with van der Waals surface area (Å²) in [6, 6.07) is 0. The molecule has 1 fully saturated rings. The molecule has 0 bridgehead atoms. The first-order chi connectivity index (χ1) is 11.3. The van der Waals surface area contributed by atoms with Crippen LogP contribution in [0.5, 0.6) is 0 Å². The first kappa shape index (κ1) is 21.1. The lowest BCUT2D eigenvalue weighted by molar-refractivity contribution is -0.133. The third kappa shape index (κ3) is 7.75. The molecule has 0 aromatic carbocycles. The smallest absolute Gasteiger partial charge is 0.163 e. The SMILES string of the molecule is CO[C@@H](CC/C(C)=C\C1COC(C)(C)O1)[C@@H](C)/C=C/C=C(/C)CO. The van der Waals surface area contributed by atoms with Crippen molar-refractivity contribution in [1.29, 1.82) is 0 Å². The molecule has 1 N–H and O–H groups in total. The number of aliphatic hydroxyl groups excluding tert-OH is 1. The third-order valence-electron chi connectivity index (χ3n) is 4.26. The second-order valence-electron chi connectivity index (χ2n) is 7.11. The van der Waals surface area contributed by atoms with Crippen LogP contribution < -0.4 is 0 Å². The molecule has 1 heterocycles. The summed E-state index contributed by atoms with van der Waals surface area (Å²) in [7, 11) is 1.76. The van der Waals surface area contributed by atoms with E-state index in [1.165, 1.54) is 5.57 Å². The van der Waals surface area contributed by atoms with E-state index in [2.05, 4.69) is 26.0 Å². The van der Waals surface area contributed by atoms with E-state index in [-0.39, 0.29) is 18.8 Å². The molecule has 0 aromatic rings. The second kappa shape index (κ2) is 10.1. The van der Waals surface area contributed by atoms with Gasteiger partial charge in [0.1, 0.15) is 6.10 Å². The first-order valence-electron chi connectivity index (χ1n) is 8.74. The number of rotatable bonds is 9. The minimum absolute atomic E-state index is 0.0462. The van der Waals surface area contributed by atoms with E-state index >= 15 is 0 Å². The van der Waals surface area contributed by atoms with Gasteiger partial charge in [0.05, 0.1) is 19.3 Å². The van der Waals surface area contributed by atoms with Crippen LogP contribution in [0, 0.1) is 5.92 Å². The van der Waals surface area contributed by atoms with Crippen molar-refractivity contribution in [1.82, 2.24) is 0 Å². The molecule has 1 unspecified atom stereocenters. The average molecular weight is 338 g/mol. The molecule has 0 aliphatic carbocycles. The van der Waals surface area contributed by atoms with Gasteiger partial charge in [-0.3, -0.25) is 0 Å². The maximum absolute atomic E-state index is 9.00. The zero-order chi connectivity index (χ0) is 18.2. The zero-order valence-corrected chi connectivity index (χ0v) is 16.0. The summed E-state index contributed by atoms with van der Waals surface area (Å²) in [5, 5.41) is 9.00. The number of hydrogen-bond acceptors (Lipinski definition) is 4. The minimum atomic E-state index is -0.476. The molecule has 0 radical (unpaired) electrons. The van der Waals surface area contributed by atoms with Gasteiger partial charge >= 0.3 is 0 Å². The molecule has 1 aliphatic heterocycles. The molecule has 24 heavy (non-hydrogen) atoms. The fourth-order valence-corrected chi connectivity index (χ4v) is 2.74. The van der Waals surface area contributed by atoms with Gasteiger partial charge in [0.2, 0.25) is 0 Å². The predicted octanol–water partition coefficient (Wildman–Crippen LogP) is 4.01. The molecule has 1 rings (SSSR count). The van der Waals surface area contributed by atoms with Crippen molar-refractivity contribution in [3.8, 4) is 0 Å². The topological polar surface area (TPSA) is 47.9 Å². The number of methoxy groups -OCH3 is 1. The van der Waals surface area contributed by atoms with E-state index in [0.717, 1.165) is 18.4 Å². The molecule has 3 atom stereocenters. The Labute approximate surface area is 147 Å². The van der Waals surface area contributed by atoms with E-state index in [1.54, 1.807) is 7.11 Å². The number of aliphatic hydroxyl groups is 1. The van der Waals surface area contributed by atoms with Crippen molar-refractivity contribution in [2.24, 2.45) is 5.92 Å². The fourth-order valence-electron chi connectivity index (χ4n) is 2.74. The fraction of sp³-hybridized carbons (Fsp3) is 0.700. The highest BCUT2D eigenvalue weighted by atomic mass is 16.7. The first-order valence-corrected chi connectivity index (χ1v) is 8.74. The van der Waals surface area contributed by atoms with Gasteiger partial charge in [-0.1, -0.05) is 36.8 Å². The third-order valence-corrected chi connectivity index (χ3v) is 4.26. The lowest BCUT2D eigenvalue weighted by atomic mass is 9.97. The molecule has 1 aliphatic rings. The van der Waals surface area contributed by atoms with Crippen molar-refractivity contribution in [3.63, 3.8) is 0 Å². The van der Waals surface area contributed by atoms with Gasteiger partial charge in [0, 0.05) is 13.0 Å². The maximum Gasteiger partial charge on any atom is 0.163 e. The summed E-state index contributed by atoms with van der Waals surface area (Å²) in [5.74, 6) is -0.161. The molecule has 1 saturated heterocycles. The van der Waals surface area contributed by atoms with Crippen LogP contribution in [0.2, 0.25) is 0 Å². The highest BCUT2D eigenvalue weighted by molar-refractivity contribution is 5.12. The molecule has 0 saturated carbocycles. The normalized spacial score (nSPS) is 24.5. The van der Waals surface area contributed by atoms with Crippen LogP contribution in [0.4, 0.5) is 0 Å². The Morgan fingerprint density at radius 1 is 1.33 bits per heavy atom. The van der Waals surface area contributed by atoms with Crippen LogP contribution in [0.1, 0.15) is 47.5 Å². The molecule has 0 spiro atoms. The molecule has 4 nitrogen and oxygen atoms in total. The quantitative estimate of drug-likeness (QED) is 0.510. The van der Waals surface area contributed by atoms with Crippen molar-refractivity contribution in [2.45, 2.75) is 65.5 Å². The lowest BCUT2D eigenvalue weighted by Crippen LogP contribution is -2.21. The molecular weight excluding hydrogens is 304 g/mol. The van der Waals surface area contributed by atoms with E-state index < -0.39 is 5.79 Å². The monoisotopic (exact) mass is 338 g/mol. The lowest BCUT2D eigenvalue weighted by Gasteiger charge is -2.20. The van der Waals surface area contributed by atoms with Crippen LogP contribution in [0.3, 0.4) is 0 Å².